The van der Waals surface area contributed by atoms with E-state index in [2.05, 4.69) is 0 Å². The van der Waals surface area contributed by atoms with Gasteiger partial charge >= 0.3 is 5.97 Å². The van der Waals surface area contributed by atoms with Crippen molar-refractivity contribution in [3.8, 4) is 11.5 Å². The topological polar surface area (TPSA) is 91.3 Å². The number of ether oxygens (including phenoxy) is 4. The highest BCUT2D eigenvalue weighted by atomic mass is 16.6. The lowest BCUT2D eigenvalue weighted by atomic mass is 9.67. The van der Waals surface area contributed by atoms with Gasteiger partial charge in [-0.1, -0.05) is 6.07 Å². The van der Waals surface area contributed by atoms with Crippen LogP contribution in [0.4, 0.5) is 0 Å². The second kappa shape index (κ2) is 5.08. The summed E-state index contributed by atoms with van der Waals surface area (Å²) < 4.78 is 22.5. The second-order valence-electron chi connectivity index (χ2n) is 7.25. The van der Waals surface area contributed by atoms with Crippen molar-refractivity contribution >= 4 is 17.8 Å². The second-order valence-corrected chi connectivity index (χ2v) is 7.25. The van der Waals surface area contributed by atoms with Gasteiger partial charge in [-0.05, 0) is 30.2 Å². The molecule has 0 aliphatic carbocycles. The lowest BCUT2D eigenvalue weighted by Crippen LogP contribution is -2.62. The zero-order valence-corrected chi connectivity index (χ0v) is 14.2. The Bertz CT molecular complexity index is 859. The van der Waals surface area contributed by atoms with E-state index in [1.807, 2.05) is 0 Å². The number of esters is 1. The predicted molar refractivity (Wildman–Crippen MR) is 87.6 cm³/mol. The van der Waals surface area contributed by atoms with Gasteiger partial charge in [0.1, 0.15) is 29.8 Å². The molecular weight excluding hydrogens is 340 g/mol. The molecule has 2 bridgehead atoms. The number of ketones is 1. The number of hydrogen-bond acceptors (Lipinski definition) is 7. The van der Waals surface area contributed by atoms with Crippen molar-refractivity contribution in [2.75, 3.05) is 20.3 Å². The Morgan fingerprint density at radius 1 is 1.35 bits per heavy atom. The summed E-state index contributed by atoms with van der Waals surface area (Å²) in [5, 5.41) is 9.77. The van der Waals surface area contributed by atoms with E-state index in [9.17, 15) is 14.7 Å². The van der Waals surface area contributed by atoms with Crippen LogP contribution in [0.5, 0.6) is 11.5 Å². The molecule has 4 atom stereocenters. The summed E-state index contributed by atoms with van der Waals surface area (Å²) in [7, 11) is 1.46. The number of carbonyl (C=O) groups excluding carboxylic acids is 2. The van der Waals surface area contributed by atoms with Crippen LogP contribution >= 0.6 is 0 Å². The van der Waals surface area contributed by atoms with Crippen LogP contribution in [0.3, 0.4) is 0 Å². The molecule has 4 saturated heterocycles. The van der Waals surface area contributed by atoms with Crippen molar-refractivity contribution < 1.29 is 33.6 Å². The Balaban J connectivity index is 1.63. The maximum Gasteiger partial charge on any atom is 0.315 e. The molecule has 5 rings (SSSR count). The van der Waals surface area contributed by atoms with Crippen LogP contribution in [0, 0.1) is 5.41 Å². The number of benzene rings is 1. The third kappa shape index (κ3) is 1.74. The number of phenolic OH excluding ortho intramolecular Hbond substituents is 1. The van der Waals surface area contributed by atoms with Crippen molar-refractivity contribution in [2.24, 2.45) is 5.41 Å². The molecule has 136 valence electrons. The third-order valence-corrected chi connectivity index (χ3v) is 6.13. The minimum absolute atomic E-state index is 0.0225. The van der Waals surface area contributed by atoms with Crippen molar-refractivity contribution in [2.45, 2.75) is 30.7 Å². The smallest absolute Gasteiger partial charge is 0.315 e. The summed E-state index contributed by atoms with van der Waals surface area (Å²) in [6, 6.07) is 4.85. The first-order valence-corrected chi connectivity index (χ1v) is 8.60. The largest absolute Gasteiger partial charge is 0.504 e. The minimum atomic E-state index is -0.923. The fraction of sp³-hybridized carbons (Fsp3) is 0.474. The highest BCUT2D eigenvalue weighted by Crippen LogP contribution is 2.62. The number of hydrogen-bond donors (Lipinski definition) is 1. The van der Waals surface area contributed by atoms with Crippen molar-refractivity contribution in [3.63, 3.8) is 0 Å². The maximum atomic E-state index is 13.0. The van der Waals surface area contributed by atoms with Crippen molar-refractivity contribution in [3.05, 3.63) is 29.3 Å². The standard InChI is InChI=1S/C19H18O7/c1-23-13-7-10(2-3-12(13)20)6-11-15(21)14-8-18-4-5-24-16(11)19(18,26-14)9-25-17(18)22/h2-3,6-7,14,16,20H,4-5,8-9H2,1H3/b11-6-/t14-,16+,18-,19-/m1/s1. The molecule has 4 aliphatic heterocycles. The molecule has 1 aromatic carbocycles. The molecule has 7 nitrogen and oxygen atoms in total. The highest BCUT2D eigenvalue weighted by molar-refractivity contribution is 6.06. The average Bonchev–Trinajstić information content (AvgIpc) is 3.13. The van der Waals surface area contributed by atoms with Gasteiger partial charge in [-0.25, -0.2) is 0 Å². The van der Waals surface area contributed by atoms with Crippen LogP contribution in [-0.4, -0.2) is 55.0 Å². The lowest BCUT2D eigenvalue weighted by molar-refractivity contribution is -0.197. The van der Waals surface area contributed by atoms with Gasteiger partial charge in [0, 0.05) is 18.6 Å². The van der Waals surface area contributed by atoms with Crippen LogP contribution in [0.15, 0.2) is 23.8 Å². The van der Waals surface area contributed by atoms with Gasteiger partial charge in [-0.2, -0.15) is 0 Å². The number of phenols is 1. The molecule has 4 heterocycles. The van der Waals surface area contributed by atoms with Crippen LogP contribution in [0.1, 0.15) is 18.4 Å². The molecule has 0 aromatic heterocycles. The Labute approximate surface area is 149 Å². The highest BCUT2D eigenvalue weighted by Gasteiger charge is 2.77. The molecule has 0 saturated carbocycles. The van der Waals surface area contributed by atoms with Gasteiger partial charge in [0.15, 0.2) is 17.3 Å². The molecule has 1 N–H and O–H groups in total. The van der Waals surface area contributed by atoms with Gasteiger partial charge in [0.25, 0.3) is 0 Å². The Morgan fingerprint density at radius 3 is 3.00 bits per heavy atom. The minimum Gasteiger partial charge on any atom is -0.504 e. The summed E-state index contributed by atoms with van der Waals surface area (Å²) in [5.74, 6) is -0.0996. The number of Topliss-reactive ketones (excluding diaryl/α,β-unsaturated/α-hetero) is 1. The van der Waals surface area contributed by atoms with E-state index in [1.165, 1.54) is 13.2 Å². The molecule has 26 heavy (non-hydrogen) atoms. The van der Waals surface area contributed by atoms with Crippen LogP contribution < -0.4 is 4.74 Å². The van der Waals surface area contributed by atoms with E-state index in [1.54, 1.807) is 18.2 Å². The van der Waals surface area contributed by atoms with Gasteiger partial charge < -0.3 is 24.1 Å². The molecule has 7 heteroatoms. The summed E-state index contributed by atoms with van der Waals surface area (Å²) in [5.41, 5.74) is -0.536. The third-order valence-electron chi connectivity index (χ3n) is 6.13. The molecule has 1 aromatic rings. The number of aromatic hydroxyl groups is 1. The number of carbonyl (C=O) groups is 2. The van der Waals surface area contributed by atoms with E-state index in [-0.39, 0.29) is 24.1 Å². The average molecular weight is 358 g/mol. The number of cyclic esters (lactones) is 1. The number of rotatable bonds is 2. The van der Waals surface area contributed by atoms with Crippen LogP contribution in [0.25, 0.3) is 6.08 Å². The van der Waals surface area contributed by atoms with E-state index < -0.39 is 23.2 Å². The lowest BCUT2D eigenvalue weighted by Gasteiger charge is -2.46. The monoisotopic (exact) mass is 358 g/mol. The van der Waals surface area contributed by atoms with E-state index >= 15 is 0 Å². The first-order valence-electron chi connectivity index (χ1n) is 8.60. The summed E-state index contributed by atoms with van der Waals surface area (Å²) in [4.78, 5) is 25.5. The SMILES string of the molecule is COc1cc(/C=C2/C(=O)[C@H]3C[C@@]45CCO[C@@H]2[C@@]4(COC5=O)O3)ccc1O. The summed E-state index contributed by atoms with van der Waals surface area (Å²) in [6.07, 6.45) is 1.30. The summed E-state index contributed by atoms with van der Waals surface area (Å²) in [6.45, 7) is 0.484. The Kier molecular flexibility index (Phi) is 3.10. The maximum absolute atomic E-state index is 13.0. The fourth-order valence-corrected chi connectivity index (χ4v) is 4.84. The normalized spacial score (nSPS) is 39.0. The fourth-order valence-electron chi connectivity index (χ4n) is 4.84. The van der Waals surface area contributed by atoms with Crippen molar-refractivity contribution in [1.29, 1.82) is 0 Å². The molecular formula is C19H18O7. The van der Waals surface area contributed by atoms with Gasteiger partial charge in [0.2, 0.25) is 0 Å². The predicted octanol–water partition coefficient (Wildman–Crippen LogP) is 1.23. The van der Waals surface area contributed by atoms with Gasteiger partial charge in [0.05, 0.1) is 7.11 Å². The molecule has 0 amide bonds. The van der Waals surface area contributed by atoms with E-state index in [4.69, 9.17) is 18.9 Å². The quantitative estimate of drug-likeness (QED) is 0.628. The Hall–Kier alpha value is -2.38. The molecule has 4 aliphatic rings. The number of fused-ring (bicyclic) bond motifs is 1. The molecule has 4 fully saturated rings. The molecule has 0 radical (unpaired) electrons. The zero-order valence-electron chi connectivity index (χ0n) is 14.2. The van der Waals surface area contributed by atoms with Crippen LogP contribution in [0.2, 0.25) is 0 Å². The van der Waals surface area contributed by atoms with E-state index in [0.29, 0.717) is 36.3 Å². The first-order chi connectivity index (χ1) is 12.5. The number of methoxy groups -OCH3 is 1. The Morgan fingerprint density at radius 2 is 2.19 bits per heavy atom. The summed E-state index contributed by atoms with van der Waals surface area (Å²) >= 11 is 0. The van der Waals surface area contributed by atoms with E-state index in [0.717, 1.165) is 0 Å². The first kappa shape index (κ1) is 15.8. The molecule has 0 unspecified atom stereocenters. The van der Waals surface area contributed by atoms with Crippen LogP contribution in [-0.2, 0) is 23.8 Å². The van der Waals surface area contributed by atoms with Gasteiger partial charge in [-0.3, -0.25) is 9.59 Å². The van der Waals surface area contributed by atoms with Gasteiger partial charge in [-0.15, -0.1) is 0 Å². The molecule has 1 spiro atoms. The van der Waals surface area contributed by atoms with Crippen molar-refractivity contribution in [1.82, 2.24) is 0 Å². The zero-order chi connectivity index (χ0) is 18.1.